The Kier molecular flexibility index (Phi) is 7.44. The third-order valence-corrected chi connectivity index (χ3v) is 6.51. The van der Waals surface area contributed by atoms with Crippen LogP contribution in [-0.2, 0) is 4.74 Å². The zero-order valence-electron chi connectivity index (χ0n) is 16.6. The van der Waals surface area contributed by atoms with Gasteiger partial charge in [0.05, 0.1) is 6.61 Å². The fourth-order valence-electron chi connectivity index (χ4n) is 5.02. The van der Waals surface area contributed by atoms with Gasteiger partial charge in [-0.05, 0) is 92.7 Å². The van der Waals surface area contributed by atoms with Crippen molar-refractivity contribution in [2.45, 2.75) is 63.6 Å². The Hall–Kier alpha value is -1.49. The molecule has 2 fully saturated rings. The van der Waals surface area contributed by atoms with Crippen LogP contribution in [0.4, 0.5) is 13.2 Å². The van der Waals surface area contributed by atoms with Crippen molar-refractivity contribution in [3.05, 3.63) is 42.0 Å². The van der Waals surface area contributed by atoms with E-state index in [2.05, 4.69) is 16.9 Å². The Balaban J connectivity index is 1.43. The molecule has 156 valence electrons. The highest BCUT2D eigenvalue weighted by atomic mass is 19.4. The van der Waals surface area contributed by atoms with E-state index in [-0.39, 0.29) is 5.75 Å². The van der Waals surface area contributed by atoms with Crippen LogP contribution in [0, 0.1) is 17.8 Å². The fourth-order valence-corrected chi connectivity index (χ4v) is 5.02. The normalized spacial score (nSPS) is 29.1. The van der Waals surface area contributed by atoms with Gasteiger partial charge in [-0.3, -0.25) is 0 Å². The molecular formula is C23H31F3O2. The van der Waals surface area contributed by atoms with Crippen molar-refractivity contribution in [1.82, 2.24) is 0 Å². The number of benzene rings is 1. The molecule has 2 saturated carbocycles. The second kappa shape index (κ2) is 9.82. The van der Waals surface area contributed by atoms with Gasteiger partial charge in [0.25, 0.3) is 0 Å². The topological polar surface area (TPSA) is 18.5 Å². The van der Waals surface area contributed by atoms with Crippen molar-refractivity contribution in [2.24, 2.45) is 17.8 Å². The lowest BCUT2D eigenvalue weighted by Crippen LogP contribution is -2.25. The lowest BCUT2D eigenvalue weighted by molar-refractivity contribution is -0.274. The Morgan fingerprint density at radius 1 is 0.893 bits per heavy atom. The summed E-state index contributed by atoms with van der Waals surface area (Å²) in [6, 6.07) is 6.47. The number of alkyl halides is 3. The second-order valence-corrected chi connectivity index (χ2v) is 8.29. The Morgan fingerprint density at radius 3 is 2.00 bits per heavy atom. The van der Waals surface area contributed by atoms with Gasteiger partial charge in [0.1, 0.15) is 5.75 Å². The SMILES string of the molecule is COCC=C[C@H]1CC[C@H]([C@H]2CC[C@H](c3ccc(OC(F)(F)F)cc3)CC2)CC1. The molecule has 1 aromatic rings. The molecule has 2 nitrogen and oxygen atoms in total. The highest BCUT2D eigenvalue weighted by molar-refractivity contribution is 5.29. The van der Waals surface area contributed by atoms with Gasteiger partial charge in [0, 0.05) is 7.11 Å². The molecule has 5 heteroatoms. The molecule has 0 saturated heterocycles. The largest absolute Gasteiger partial charge is 0.573 e. The van der Waals surface area contributed by atoms with Gasteiger partial charge in [-0.2, -0.15) is 0 Å². The molecule has 0 atom stereocenters. The maximum atomic E-state index is 12.3. The molecule has 0 heterocycles. The Morgan fingerprint density at radius 2 is 1.46 bits per heavy atom. The van der Waals surface area contributed by atoms with Gasteiger partial charge in [-0.15, -0.1) is 13.2 Å². The molecule has 0 aromatic heterocycles. The van der Waals surface area contributed by atoms with E-state index in [0.717, 1.165) is 30.2 Å². The molecule has 0 bridgehead atoms. The number of hydrogen-bond donors (Lipinski definition) is 0. The summed E-state index contributed by atoms with van der Waals surface area (Å²) >= 11 is 0. The molecule has 0 N–H and O–H groups in total. The maximum Gasteiger partial charge on any atom is 0.573 e. The first-order valence-corrected chi connectivity index (χ1v) is 10.5. The second-order valence-electron chi connectivity index (χ2n) is 8.29. The van der Waals surface area contributed by atoms with Gasteiger partial charge >= 0.3 is 6.36 Å². The van der Waals surface area contributed by atoms with Crippen LogP contribution in [0.15, 0.2) is 36.4 Å². The molecule has 2 aliphatic rings. The third kappa shape index (κ3) is 6.26. The summed E-state index contributed by atoms with van der Waals surface area (Å²) in [5.41, 5.74) is 1.14. The van der Waals surface area contributed by atoms with Gasteiger partial charge < -0.3 is 9.47 Å². The Bertz CT molecular complexity index is 608. The highest BCUT2D eigenvalue weighted by Gasteiger charge is 2.32. The van der Waals surface area contributed by atoms with E-state index in [0.29, 0.717) is 18.4 Å². The predicted molar refractivity (Wildman–Crippen MR) is 104 cm³/mol. The van der Waals surface area contributed by atoms with Crippen molar-refractivity contribution in [1.29, 1.82) is 0 Å². The molecule has 3 rings (SSSR count). The number of ether oxygens (including phenoxy) is 2. The number of allylic oxidation sites excluding steroid dienone is 1. The molecular weight excluding hydrogens is 365 g/mol. The molecule has 28 heavy (non-hydrogen) atoms. The van der Waals surface area contributed by atoms with Crippen LogP contribution in [0.1, 0.15) is 62.8 Å². The smallest absolute Gasteiger partial charge is 0.406 e. The monoisotopic (exact) mass is 396 g/mol. The van der Waals surface area contributed by atoms with Crippen molar-refractivity contribution in [3.63, 3.8) is 0 Å². The fraction of sp³-hybridized carbons (Fsp3) is 0.652. The summed E-state index contributed by atoms with van der Waals surface area (Å²) < 4.78 is 45.9. The van der Waals surface area contributed by atoms with Crippen LogP contribution in [-0.4, -0.2) is 20.1 Å². The van der Waals surface area contributed by atoms with E-state index < -0.39 is 6.36 Å². The summed E-state index contributed by atoms with van der Waals surface area (Å²) in [5, 5.41) is 0. The summed E-state index contributed by atoms with van der Waals surface area (Å²) in [7, 11) is 1.72. The van der Waals surface area contributed by atoms with E-state index in [4.69, 9.17) is 4.74 Å². The number of methoxy groups -OCH3 is 1. The molecule has 1 aromatic carbocycles. The molecule has 0 unspecified atom stereocenters. The zero-order chi connectivity index (χ0) is 20.0. The van der Waals surface area contributed by atoms with Crippen molar-refractivity contribution in [3.8, 4) is 5.75 Å². The standard InChI is InChI=1S/C23H31F3O2/c1-27-16-2-3-17-4-6-18(7-5-17)19-8-10-20(11-9-19)21-12-14-22(15-13-21)28-23(24,25)26/h2-3,12-15,17-20H,4-11,16H2,1H3/t17-,18-,19-,20-. The highest BCUT2D eigenvalue weighted by Crippen LogP contribution is 2.44. The molecule has 0 spiro atoms. The minimum absolute atomic E-state index is 0.138. The van der Waals surface area contributed by atoms with Crippen molar-refractivity contribution in [2.75, 3.05) is 13.7 Å². The van der Waals surface area contributed by atoms with Gasteiger partial charge in [-0.25, -0.2) is 0 Å². The van der Waals surface area contributed by atoms with E-state index in [9.17, 15) is 13.2 Å². The predicted octanol–water partition coefficient (Wildman–Crippen LogP) is 6.87. The first-order valence-electron chi connectivity index (χ1n) is 10.5. The summed E-state index contributed by atoms with van der Waals surface area (Å²) in [4.78, 5) is 0. The number of rotatable bonds is 6. The van der Waals surface area contributed by atoms with Crippen LogP contribution in [0.5, 0.6) is 5.75 Å². The minimum atomic E-state index is -4.63. The zero-order valence-corrected chi connectivity index (χ0v) is 16.6. The summed E-state index contributed by atoms with van der Waals surface area (Å²) in [5.74, 6) is 2.69. The third-order valence-electron chi connectivity index (χ3n) is 6.51. The average Bonchev–Trinajstić information content (AvgIpc) is 2.68. The van der Waals surface area contributed by atoms with E-state index in [1.54, 1.807) is 19.2 Å². The number of hydrogen-bond acceptors (Lipinski definition) is 2. The lowest BCUT2D eigenvalue weighted by Gasteiger charge is -2.37. The molecule has 2 aliphatic carbocycles. The molecule has 0 amide bonds. The number of halogens is 3. The van der Waals surface area contributed by atoms with Crippen LogP contribution >= 0.6 is 0 Å². The molecule has 0 radical (unpaired) electrons. The summed E-state index contributed by atoms with van der Waals surface area (Å²) in [6.45, 7) is 0.702. The minimum Gasteiger partial charge on any atom is -0.406 e. The Labute approximate surface area is 166 Å². The summed E-state index contributed by atoms with van der Waals surface area (Å²) in [6.07, 6.45) is 9.79. The van der Waals surface area contributed by atoms with Crippen molar-refractivity contribution < 1.29 is 22.6 Å². The van der Waals surface area contributed by atoms with Crippen LogP contribution in [0.2, 0.25) is 0 Å². The van der Waals surface area contributed by atoms with Gasteiger partial charge in [0.2, 0.25) is 0 Å². The van der Waals surface area contributed by atoms with Crippen molar-refractivity contribution >= 4 is 0 Å². The lowest BCUT2D eigenvalue weighted by atomic mass is 9.68. The maximum absolute atomic E-state index is 12.3. The van der Waals surface area contributed by atoms with E-state index in [1.807, 2.05) is 0 Å². The van der Waals surface area contributed by atoms with Gasteiger partial charge in [-0.1, -0.05) is 24.3 Å². The first kappa shape index (κ1) is 21.2. The van der Waals surface area contributed by atoms with Crippen LogP contribution in [0.25, 0.3) is 0 Å². The van der Waals surface area contributed by atoms with E-state index >= 15 is 0 Å². The van der Waals surface area contributed by atoms with Crippen LogP contribution < -0.4 is 4.74 Å². The quantitative estimate of drug-likeness (QED) is 0.489. The van der Waals surface area contributed by atoms with Gasteiger partial charge in [0.15, 0.2) is 0 Å². The molecule has 0 aliphatic heterocycles. The van der Waals surface area contributed by atoms with E-state index in [1.165, 1.54) is 50.7 Å². The van der Waals surface area contributed by atoms with Crippen LogP contribution in [0.3, 0.4) is 0 Å². The first-order chi connectivity index (χ1) is 13.4. The average molecular weight is 396 g/mol.